The zero-order chi connectivity index (χ0) is 17.5. The van der Waals surface area contributed by atoms with E-state index in [0.717, 1.165) is 38.4 Å². The van der Waals surface area contributed by atoms with Gasteiger partial charge in [0.2, 0.25) is 5.91 Å². The highest BCUT2D eigenvalue weighted by Crippen LogP contribution is 2.16. The van der Waals surface area contributed by atoms with Crippen LogP contribution < -0.4 is 16.0 Å². The van der Waals surface area contributed by atoms with E-state index < -0.39 is 6.04 Å². The molecule has 158 valence electrons. The Morgan fingerprint density at radius 3 is 2.19 bits per heavy atom. The molecule has 0 aliphatic carbocycles. The van der Waals surface area contributed by atoms with Gasteiger partial charge in [-0.1, -0.05) is 13.8 Å². The van der Waals surface area contributed by atoms with E-state index in [4.69, 9.17) is 5.73 Å². The second-order valence-electron chi connectivity index (χ2n) is 6.83. The fourth-order valence-corrected chi connectivity index (χ4v) is 2.96. The number of anilines is 1. The summed E-state index contributed by atoms with van der Waals surface area (Å²) >= 11 is 0. The second kappa shape index (κ2) is 14.2. The first-order valence-corrected chi connectivity index (χ1v) is 8.72. The molecule has 0 bridgehead atoms. The minimum Gasteiger partial charge on any atom is -0.369 e. The van der Waals surface area contributed by atoms with Crippen molar-refractivity contribution < 1.29 is 9.18 Å². The summed E-state index contributed by atoms with van der Waals surface area (Å²) in [4.78, 5) is 16.5. The number of piperazine rings is 1. The SMILES string of the molecule is CC(C)C[C@H](N)C(=O)NCCN1CCN(c2ccc(F)cc2)CC1.Cl.Cl.Cl. The van der Waals surface area contributed by atoms with Crippen LogP contribution in [-0.2, 0) is 4.79 Å². The Balaban J connectivity index is 0. The standard InChI is InChI=1S/C18H29FN4O.3ClH/c1-14(2)13-17(20)18(24)21-7-8-22-9-11-23(12-10-22)16-5-3-15(19)4-6-16;;;/h3-6,14,17H,7-13,20H2,1-2H3,(H,21,24);3*1H/t17-;;;/m0.../s1. The van der Waals surface area contributed by atoms with Crippen molar-refractivity contribution in [1.82, 2.24) is 10.2 Å². The predicted molar refractivity (Wildman–Crippen MR) is 117 cm³/mol. The average molecular weight is 446 g/mol. The lowest BCUT2D eigenvalue weighted by Gasteiger charge is -2.36. The number of halogens is 4. The second-order valence-corrected chi connectivity index (χ2v) is 6.83. The largest absolute Gasteiger partial charge is 0.369 e. The van der Waals surface area contributed by atoms with Gasteiger partial charge in [-0.3, -0.25) is 9.69 Å². The Morgan fingerprint density at radius 1 is 1.11 bits per heavy atom. The van der Waals surface area contributed by atoms with Crippen LogP contribution in [0.15, 0.2) is 24.3 Å². The molecular formula is C18H32Cl3FN4O. The first-order chi connectivity index (χ1) is 11.5. The molecule has 1 amide bonds. The Hall–Kier alpha value is -0.790. The molecule has 0 unspecified atom stereocenters. The molecule has 5 nitrogen and oxygen atoms in total. The molecule has 0 spiro atoms. The summed E-state index contributed by atoms with van der Waals surface area (Å²) in [5.41, 5.74) is 6.93. The minimum absolute atomic E-state index is 0. The fraction of sp³-hybridized carbons (Fsp3) is 0.611. The zero-order valence-corrected chi connectivity index (χ0v) is 18.3. The summed E-state index contributed by atoms with van der Waals surface area (Å²) in [5.74, 6) is 0.155. The molecule has 1 aliphatic rings. The van der Waals surface area contributed by atoms with Crippen LogP contribution in [0, 0.1) is 11.7 Å². The number of nitrogens with two attached hydrogens (primary N) is 1. The van der Waals surface area contributed by atoms with Gasteiger partial charge in [0.25, 0.3) is 0 Å². The Kier molecular flexibility index (Phi) is 15.0. The highest BCUT2D eigenvalue weighted by Gasteiger charge is 2.18. The smallest absolute Gasteiger partial charge is 0.236 e. The summed E-state index contributed by atoms with van der Waals surface area (Å²) in [5, 5.41) is 2.92. The summed E-state index contributed by atoms with van der Waals surface area (Å²) in [7, 11) is 0. The maximum absolute atomic E-state index is 13.0. The molecular weight excluding hydrogens is 414 g/mol. The van der Waals surface area contributed by atoms with Crippen LogP contribution in [0.25, 0.3) is 0 Å². The van der Waals surface area contributed by atoms with E-state index in [9.17, 15) is 9.18 Å². The van der Waals surface area contributed by atoms with Gasteiger partial charge in [-0.15, -0.1) is 37.2 Å². The first kappa shape index (κ1) is 28.4. The van der Waals surface area contributed by atoms with Crippen LogP contribution in [0.4, 0.5) is 10.1 Å². The molecule has 1 heterocycles. The quantitative estimate of drug-likeness (QED) is 0.677. The van der Waals surface area contributed by atoms with Crippen LogP contribution in [0.5, 0.6) is 0 Å². The van der Waals surface area contributed by atoms with E-state index in [1.807, 2.05) is 12.1 Å². The molecule has 1 aliphatic heterocycles. The lowest BCUT2D eigenvalue weighted by atomic mass is 10.0. The van der Waals surface area contributed by atoms with E-state index in [1.54, 1.807) is 0 Å². The third kappa shape index (κ3) is 9.81. The average Bonchev–Trinajstić information content (AvgIpc) is 2.55. The topological polar surface area (TPSA) is 61.6 Å². The third-order valence-electron chi connectivity index (χ3n) is 4.35. The Morgan fingerprint density at radius 2 is 1.67 bits per heavy atom. The molecule has 3 N–H and O–H groups in total. The molecule has 0 saturated carbocycles. The first-order valence-electron chi connectivity index (χ1n) is 8.72. The van der Waals surface area contributed by atoms with Crippen LogP contribution in [0.2, 0.25) is 0 Å². The summed E-state index contributed by atoms with van der Waals surface area (Å²) in [6.07, 6.45) is 0.710. The summed E-state index contributed by atoms with van der Waals surface area (Å²) < 4.78 is 13.0. The number of nitrogens with one attached hydrogen (secondary N) is 1. The zero-order valence-electron chi connectivity index (χ0n) is 15.9. The summed E-state index contributed by atoms with van der Waals surface area (Å²) in [6, 6.07) is 6.22. The molecule has 9 heteroatoms. The van der Waals surface area contributed by atoms with Gasteiger partial charge in [-0.05, 0) is 36.6 Å². The van der Waals surface area contributed by atoms with Gasteiger partial charge in [0.05, 0.1) is 6.04 Å². The van der Waals surface area contributed by atoms with Gasteiger partial charge in [0, 0.05) is 45.0 Å². The van der Waals surface area contributed by atoms with Gasteiger partial charge in [-0.25, -0.2) is 4.39 Å². The van der Waals surface area contributed by atoms with Gasteiger partial charge < -0.3 is 16.0 Å². The molecule has 1 saturated heterocycles. The van der Waals surface area contributed by atoms with Crippen LogP contribution in [0.3, 0.4) is 0 Å². The number of carbonyl (C=O) groups is 1. The molecule has 1 aromatic rings. The fourth-order valence-electron chi connectivity index (χ4n) is 2.96. The van der Waals surface area contributed by atoms with Crippen molar-refractivity contribution >= 4 is 48.8 Å². The van der Waals surface area contributed by atoms with E-state index in [-0.39, 0.29) is 48.9 Å². The number of rotatable bonds is 7. The number of amides is 1. The highest BCUT2D eigenvalue weighted by molar-refractivity contribution is 5.86. The van der Waals surface area contributed by atoms with E-state index >= 15 is 0 Å². The normalized spacial score (nSPS) is 15.2. The number of nitrogens with zero attached hydrogens (tertiary/aromatic N) is 2. The highest BCUT2D eigenvalue weighted by atomic mass is 35.5. The van der Waals surface area contributed by atoms with Crippen molar-refractivity contribution in [3.63, 3.8) is 0 Å². The lowest BCUT2D eigenvalue weighted by Crippen LogP contribution is -2.49. The third-order valence-corrected chi connectivity index (χ3v) is 4.35. The number of hydrogen-bond donors (Lipinski definition) is 2. The molecule has 27 heavy (non-hydrogen) atoms. The van der Waals surface area contributed by atoms with Crippen LogP contribution in [-0.4, -0.2) is 56.1 Å². The van der Waals surface area contributed by atoms with E-state index in [2.05, 4.69) is 29.0 Å². The van der Waals surface area contributed by atoms with E-state index in [0.29, 0.717) is 18.9 Å². The van der Waals surface area contributed by atoms with Gasteiger partial charge in [0.15, 0.2) is 0 Å². The Labute approximate surface area is 180 Å². The van der Waals surface area contributed by atoms with Gasteiger partial charge in [0.1, 0.15) is 5.82 Å². The minimum atomic E-state index is -0.416. The van der Waals surface area contributed by atoms with Crippen molar-refractivity contribution in [2.75, 3.05) is 44.2 Å². The molecule has 1 fully saturated rings. The monoisotopic (exact) mass is 444 g/mol. The van der Waals surface area contributed by atoms with E-state index in [1.165, 1.54) is 12.1 Å². The van der Waals surface area contributed by atoms with Crippen molar-refractivity contribution in [2.24, 2.45) is 11.7 Å². The van der Waals surface area contributed by atoms with Gasteiger partial charge >= 0.3 is 0 Å². The predicted octanol–water partition coefficient (Wildman–Crippen LogP) is 2.70. The maximum atomic E-state index is 13.0. The number of benzene rings is 1. The lowest BCUT2D eigenvalue weighted by molar-refractivity contribution is -0.122. The van der Waals surface area contributed by atoms with Crippen molar-refractivity contribution in [1.29, 1.82) is 0 Å². The van der Waals surface area contributed by atoms with Crippen LogP contribution in [0.1, 0.15) is 20.3 Å². The number of hydrogen-bond acceptors (Lipinski definition) is 4. The maximum Gasteiger partial charge on any atom is 0.236 e. The molecule has 0 radical (unpaired) electrons. The molecule has 1 aromatic carbocycles. The Bertz CT molecular complexity index is 526. The van der Waals surface area contributed by atoms with Gasteiger partial charge in [-0.2, -0.15) is 0 Å². The molecule has 2 rings (SSSR count). The molecule has 1 atom stereocenters. The van der Waals surface area contributed by atoms with Crippen molar-refractivity contribution in [3.8, 4) is 0 Å². The number of carbonyl (C=O) groups excluding carboxylic acids is 1. The van der Waals surface area contributed by atoms with Crippen molar-refractivity contribution in [3.05, 3.63) is 30.1 Å². The van der Waals surface area contributed by atoms with Crippen LogP contribution >= 0.6 is 37.2 Å². The summed E-state index contributed by atoms with van der Waals surface area (Å²) in [6.45, 7) is 9.27. The molecule has 0 aromatic heterocycles. The van der Waals surface area contributed by atoms with Crippen molar-refractivity contribution in [2.45, 2.75) is 26.3 Å².